The topological polar surface area (TPSA) is 113 Å². The van der Waals surface area contributed by atoms with Gasteiger partial charge in [-0.2, -0.15) is 4.31 Å². The van der Waals surface area contributed by atoms with E-state index in [0.29, 0.717) is 32.5 Å². The number of hydrogen-bond acceptors (Lipinski definition) is 6. The van der Waals surface area contributed by atoms with Gasteiger partial charge in [0, 0.05) is 25.2 Å². The zero-order chi connectivity index (χ0) is 24.3. The van der Waals surface area contributed by atoms with Crippen molar-refractivity contribution in [1.29, 1.82) is 0 Å². The summed E-state index contributed by atoms with van der Waals surface area (Å²) in [5, 5.41) is 2.66. The molecule has 9 nitrogen and oxygen atoms in total. The van der Waals surface area contributed by atoms with Gasteiger partial charge in [-0.15, -0.1) is 0 Å². The Kier molecular flexibility index (Phi) is 7.28. The second-order valence-corrected chi connectivity index (χ2v) is 11.3. The van der Waals surface area contributed by atoms with Crippen LogP contribution in [0.3, 0.4) is 0 Å². The molecule has 0 unspecified atom stereocenters. The number of nitrogens with one attached hydrogen (secondary N) is 1. The summed E-state index contributed by atoms with van der Waals surface area (Å²) in [6.45, 7) is 2.60. The maximum atomic E-state index is 13.3. The number of carbonyl (C=O) groups is 3. The summed E-state index contributed by atoms with van der Waals surface area (Å²) < 4.78 is 33.6. The summed E-state index contributed by atoms with van der Waals surface area (Å²) in [6.07, 6.45) is 7.04. The molecule has 2 saturated heterocycles. The van der Waals surface area contributed by atoms with Crippen molar-refractivity contribution in [2.75, 3.05) is 31.6 Å². The monoisotopic (exact) mass is 491 g/mol. The summed E-state index contributed by atoms with van der Waals surface area (Å²) in [4.78, 5) is 39.3. The lowest BCUT2D eigenvalue weighted by atomic mass is 9.73. The molecule has 1 aliphatic carbocycles. The Morgan fingerprint density at radius 1 is 1.06 bits per heavy atom. The van der Waals surface area contributed by atoms with Gasteiger partial charge in [-0.25, -0.2) is 8.42 Å². The zero-order valence-corrected chi connectivity index (χ0v) is 20.5. The maximum Gasteiger partial charge on any atom is 0.246 e. The highest BCUT2D eigenvalue weighted by Crippen LogP contribution is 2.45. The van der Waals surface area contributed by atoms with Crippen LogP contribution in [0, 0.1) is 5.41 Å². The first kappa shape index (κ1) is 24.7. The number of amides is 3. The number of nitrogens with zero attached hydrogens (tertiary/aromatic N) is 2. The van der Waals surface area contributed by atoms with Crippen molar-refractivity contribution in [2.45, 2.75) is 69.6 Å². The van der Waals surface area contributed by atoms with Crippen molar-refractivity contribution in [3.63, 3.8) is 0 Å². The van der Waals surface area contributed by atoms with E-state index in [-0.39, 0.29) is 41.1 Å². The average molecular weight is 492 g/mol. The maximum absolute atomic E-state index is 13.3. The van der Waals surface area contributed by atoms with E-state index in [0.717, 1.165) is 43.4 Å². The highest BCUT2D eigenvalue weighted by Gasteiger charge is 2.51. The predicted molar refractivity (Wildman–Crippen MR) is 126 cm³/mol. The second kappa shape index (κ2) is 10.0. The van der Waals surface area contributed by atoms with Gasteiger partial charge in [0.2, 0.25) is 27.7 Å². The number of piperidine rings is 1. The van der Waals surface area contributed by atoms with Gasteiger partial charge in [0.25, 0.3) is 0 Å². The number of sulfonamides is 1. The van der Waals surface area contributed by atoms with E-state index in [4.69, 9.17) is 4.74 Å². The van der Waals surface area contributed by atoms with Gasteiger partial charge in [0.15, 0.2) is 0 Å². The Morgan fingerprint density at radius 3 is 2.41 bits per heavy atom. The molecule has 186 valence electrons. The van der Waals surface area contributed by atoms with Crippen molar-refractivity contribution in [3.05, 3.63) is 18.2 Å². The number of hydrogen-bond donors (Lipinski definition) is 1. The van der Waals surface area contributed by atoms with Gasteiger partial charge >= 0.3 is 0 Å². The van der Waals surface area contributed by atoms with E-state index in [1.165, 1.54) is 16.4 Å². The molecule has 1 N–H and O–H groups in total. The minimum Gasteiger partial charge on any atom is -0.492 e. The van der Waals surface area contributed by atoms with Crippen LogP contribution in [0.5, 0.6) is 5.75 Å². The van der Waals surface area contributed by atoms with Crippen LogP contribution in [0.15, 0.2) is 23.1 Å². The molecule has 2 aliphatic heterocycles. The Bertz CT molecular complexity index is 1060. The minimum absolute atomic E-state index is 0.00327. The van der Waals surface area contributed by atoms with Crippen LogP contribution < -0.4 is 10.1 Å². The number of likely N-dealkylation sites (tertiary alicyclic amines) is 1. The number of ether oxygens (including phenoxy) is 1. The lowest BCUT2D eigenvalue weighted by Crippen LogP contribution is -2.41. The molecule has 0 atom stereocenters. The molecule has 0 radical (unpaired) electrons. The SMILES string of the molecule is CCOc1ccc(NC(=O)CN2C(=O)CC3(CCCCC3)C2=O)cc1S(=O)(=O)N1CCCCC1. The third-order valence-electron chi connectivity index (χ3n) is 7.06. The highest BCUT2D eigenvalue weighted by molar-refractivity contribution is 7.89. The smallest absolute Gasteiger partial charge is 0.246 e. The van der Waals surface area contributed by atoms with Crippen molar-refractivity contribution in [3.8, 4) is 5.75 Å². The number of anilines is 1. The van der Waals surface area contributed by atoms with Crippen LogP contribution >= 0.6 is 0 Å². The molecule has 1 spiro atoms. The van der Waals surface area contributed by atoms with E-state index >= 15 is 0 Å². The van der Waals surface area contributed by atoms with Gasteiger partial charge in [-0.3, -0.25) is 19.3 Å². The molecule has 3 fully saturated rings. The van der Waals surface area contributed by atoms with Crippen LogP contribution in [0.25, 0.3) is 0 Å². The van der Waals surface area contributed by atoms with E-state index in [1.54, 1.807) is 13.0 Å². The predicted octanol–water partition coefficient (Wildman–Crippen LogP) is 2.91. The van der Waals surface area contributed by atoms with Crippen molar-refractivity contribution in [1.82, 2.24) is 9.21 Å². The first-order valence-electron chi connectivity index (χ1n) is 12.2. The highest BCUT2D eigenvalue weighted by atomic mass is 32.2. The summed E-state index contributed by atoms with van der Waals surface area (Å²) in [7, 11) is -3.79. The van der Waals surface area contributed by atoms with Gasteiger partial charge in [-0.05, 0) is 50.8 Å². The van der Waals surface area contributed by atoms with Gasteiger partial charge in [0.05, 0.1) is 12.0 Å². The molecule has 3 amide bonds. The number of imide groups is 1. The van der Waals surface area contributed by atoms with E-state index in [9.17, 15) is 22.8 Å². The first-order chi connectivity index (χ1) is 16.3. The Morgan fingerprint density at radius 2 is 1.74 bits per heavy atom. The molecule has 1 saturated carbocycles. The molecule has 10 heteroatoms. The summed E-state index contributed by atoms with van der Waals surface area (Å²) in [5.74, 6) is -0.884. The molecule has 34 heavy (non-hydrogen) atoms. The fraction of sp³-hybridized carbons (Fsp3) is 0.625. The first-order valence-corrected chi connectivity index (χ1v) is 13.6. The van der Waals surface area contributed by atoms with E-state index < -0.39 is 21.3 Å². The normalized spacial score (nSPS) is 21.1. The van der Waals surface area contributed by atoms with E-state index in [2.05, 4.69) is 5.32 Å². The minimum atomic E-state index is -3.79. The fourth-order valence-corrected chi connectivity index (χ4v) is 6.96. The molecule has 0 bridgehead atoms. The average Bonchev–Trinajstić information content (AvgIpc) is 3.05. The Hall–Kier alpha value is -2.46. The van der Waals surface area contributed by atoms with Crippen LogP contribution in [-0.2, 0) is 24.4 Å². The molecule has 2 heterocycles. The summed E-state index contributed by atoms with van der Waals surface area (Å²) >= 11 is 0. The molecule has 4 rings (SSSR count). The zero-order valence-electron chi connectivity index (χ0n) is 19.7. The Labute approximate surface area is 200 Å². The molecular formula is C24H33N3O6S. The lowest BCUT2D eigenvalue weighted by Gasteiger charge is -2.30. The number of benzene rings is 1. The summed E-state index contributed by atoms with van der Waals surface area (Å²) in [6, 6.07) is 4.48. The largest absolute Gasteiger partial charge is 0.492 e. The molecule has 1 aromatic carbocycles. The second-order valence-electron chi connectivity index (χ2n) is 9.41. The van der Waals surface area contributed by atoms with Crippen LogP contribution in [-0.4, -0.2) is 61.6 Å². The van der Waals surface area contributed by atoms with Crippen molar-refractivity contribution in [2.24, 2.45) is 5.41 Å². The molecule has 1 aromatic rings. The van der Waals surface area contributed by atoms with Gasteiger partial charge in [0.1, 0.15) is 17.2 Å². The third kappa shape index (κ3) is 4.84. The molecule has 0 aromatic heterocycles. The van der Waals surface area contributed by atoms with Gasteiger partial charge in [-0.1, -0.05) is 25.7 Å². The van der Waals surface area contributed by atoms with Crippen LogP contribution in [0.1, 0.15) is 64.7 Å². The molecule has 3 aliphatic rings. The Balaban J connectivity index is 1.50. The van der Waals surface area contributed by atoms with Crippen molar-refractivity contribution < 1.29 is 27.5 Å². The lowest BCUT2D eigenvalue weighted by molar-refractivity contribution is -0.144. The standard InChI is InChI=1S/C24H33N3O6S/c1-2-33-19-10-9-18(15-20(19)34(31,32)26-13-7-4-8-14-26)25-21(28)17-27-22(29)16-24(23(27)30)11-5-3-6-12-24/h9-10,15H,2-8,11-14,16-17H2,1H3,(H,25,28). The number of carbonyl (C=O) groups excluding carboxylic acids is 3. The van der Waals surface area contributed by atoms with Gasteiger partial charge < -0.3 is 10.1 Å². The van der Waals surface area contributed by atoms with E-state index in [1.807, 2.05) is 0 Å². The quantitative estimate of drug-likeness (QED) is 0.587. The molecular weight excluding hydrogens is 458 g/mol. The van der Waals surface area contributed by atoms with Crippen molar-refractivity contribution >= 4 is 33.4 Å². The van der Waals surface area contributed by atoms with Crippen LogP contribution in [0.2, 0.25) is 0 Å². The number of rotatable bonds is 7. The fourth-order valence-electron chi connectivity index (χ4n) is 5.29. The third-order valence-corrected chi connectivity index (χ3v) is 8.98. The summed E-state index contributed by atoms with van der Waals surface area (Å²) in [5.41, 5.74) is -0.375. The van der Waals surface area contributed by atoms with Crippen LogP contribution in [0.4, 0.5) is 5.69 Å².